The third-order valence-corrected chi connectivity index (χ3v) is 6.79. The molecule has 2 heterocycles. The van der Waals surface area contributed by atoms with Crippen LogP contribution < -0.4 is 5.32 Å². The Balaban J connectivity index is 1.25. The number of benzene rings is 2. The molecule has 4 nitrogen and oxygen atoms in total. The molecule has 0 unspecified atom stereocenters. The molecule has 0 bridgehead atoms. The standard InChI is InChI=1S/C25H29N3O/c1-27-23-9-5-2-6-20(23)15-24(27)25(29)26-16-18-10-11-21-17-28(13-12-19(21)14-18)22-7-3-4-8-22/h2,5-6,9-11,14-15,22H,3-4,7-8,12-13,16-17H2,1H3,(H,26,29). The summed E-state index contributed by atoms with van der Waals surface area (Å²) in [7, 11) is 1.95. The number of nitrogens with zero attached hydrogens (tertiary/aromatic N) is 2. The maximum Gasteiger partial charge on any atom is 0.268 e. The minimum absolute atomic E-state index is 0.0196. The Kier molecular flexibility index (Phi) is 4.88. The Hall–Kier alpha value is -2.59. The molecule has 2 aliphatic rings. The van der Waals surface area contributed by atoms with Gasteiger partial charge in [0.05, 0.1) is 0 Å². The Morgan fingerprint density at radius 2 is 1.90 bits per heavy atom. The largest absolute Gasteiger partial charge is 0.347 e. The summed E-state index contributed by atoms with van der Waals surface area (Å²) >= 11 is 0. The first-order chi connectivity index (χ1) is 14.2. The molecule has 1 N–H and O–H groups in total. The van der Waals surface area contributed by atoms with Gasteiger partial charge in [-0.05, 0) is 48.1 Å². The SMILES string of the molecule is Cn1c(C(=O)NCc2ccc3c(c2)CCN(C2CCCC2)C3)cc2ccccc21. The molecule has 3 aromatic rings. The van der Waals surface area contributed by atoms with Crippen molar-refractivity contribution < 1.29 is 4.79 Å². The van der Waals surface area contributed by atoms with E-state index in [2.05, 4.69) is 28.4 Å². The van der Waals surface area contributed by atoms with Crippen LogP contribution in [-0.4, -0.2) is 28.0 Å². The van der Waals surface area contributed by atoms with Crippen molar-refractivity contribution in [3.63, 3.8) is 0 Å². The molecule has 1 aliphatic carbocycles. The van der Waals surface area contributed by atoms with Crippen LogP contribution in [0.3, 0.4) is 0 Å². The van der Waals surface area contributed by atoms with Gasteiger partial charge in [0.25, 0.3) is 5.91 Å². The Morgan fingerprint density at radius 1 is 1.07 bits per heavy atom. The van der Waals surface area contributed by atoms with E-state index >= 15 is 0 Å². The summed E-state index contributed by atoms with van der Waals surface area (Å²) in [6, 6.07) is 17.6. The first kappa shape index (κ1) is 18.4. The fourth-order valence-electron chi connectivity index (χ4n) is 5.10. The van der Waals surface area contributed by atoms with E-state index < -0.39 is 0 Å². The number of hydrogen-bond acceptors (Lipinski definition) is 2. The number of fused-ring (bicyclic) bond motifs is 2. The fraction of sp³-hybridized carbons (Fsp3) is 0.400. The lowest BCUT2D eigenvalue weighted by Crippen LogP contribution is -2.37. The van der Waals surface area contributed by atoms with E-state index in [1.807, 2.05) is 41.9 Å². The highest BCUT2D eigenvalue weighted by atomic mass is 16.1. The number of aryl methyl sites for hydroxylation is 1. The van der Waals surface area contributed by atoms with E-state index in [4.69, 9.17) is 0 Å². The van der Waals surface area contributed by atoms with E-state index in [-0.39, 0.29) is 5.91 Å². The number of carbonyl (C=O) groups is 1. The highest BCUT2D eigenvalue weighted by Crippen LogP contribution is 2.29. The van der Waals surface area contributed by atoms with Crippen LogP contribution in [-0.2, 0) is 26.6 Å². The molecule has 0 radical (unpaired) electrons. The quantitative estimate of drug-likeness (QED) is 0.720. The van der Waals surface area contributed by atoms with Gasteiger partial charge in [-0.2, -0.15) is 0 Å². The summed E-state index contributed by atoms with van der Waals surface area (Å²) in [6.45, 7) is 2.83. The topological polar surface area (TPSA) is 37.3 Å². The van der Waals surface area contributed by atoms with Gasteiger partial charge in [-0.25, -0.2) is 0 Å². The first-order valence-electron chi connectivity index (χ1n) is 10.9. The van der Waals surface area contributed by atoms with Crippen LogP contribution in [0.4, 0.5) is 0 Å². The van der Waals surface area contributed by atoms with Crippen LogP contribution in [0.15, 0.2) is 48.5 Å². The molecular weight excluding hydrogens is 358 g/mol. The molecule has 1 amide bonds. The molecule has 0 saturated heterocycles. The number of aromatic nitrogens is 1. The normalized spacial score (nSPS) is 17.6. The molecule has 0 spiro atoms. The summed E-state index contributed by atoms with van der Waals surface area (Å²) in [5, 5.41) is 4.21. The zero-order valence-electron chi connectivity index (χ0n) is 17.2. The summed E-state index contributed by atoms with van der Waals surface area (Å²) in [5.74, 6) is -0.0196. The number of amides is 1. The zero-order chi connectivity index (χ0) is 19.8. The fourth-order valence-corrected chi connectivity index (χ4v) is 5.10. The van der Waals surface area contributed by atoms with Crippen LogP contribution in [0.25, 0.3) is 10.9 Å². The second-order valence-electron chi connectivity index (χ2n) is 8.59. The lowest BCUT2D eigenvalue weighted by atomic mass is 9.96. The number of rotatable bonds is 4. The number of hydrogen-bond donors (Lipinski definition) is 1. The second kappa shape index (κ2) is 7.68. The minimum Gasteiger partial charge on any atom is -0.347 e. The van der Waals surface area contributed by atoms with Crippen molar-refractivity contribution in [3.05, 3.63) is 70.9 Å². The maximum atomic E-state index is 12.7. The summed E-state index contributed by atoms with van der Waals surface area (Å²) in [4.78, 5) is 15.4. The average Bonchev–Trinajstić information content (AvgIpc) is 3.40. The molecular formula is C25H29N3O. The molecule has 0 atom stereocenters. The van der Waals surface area contributed by atoms with Crippen molar-refractivity contribution in [3.8, 4) is 0 Å². The summed E-state index contributed by atoms with van der Waals surface area (Å²) in [6.07, 6.45) is 6.64. The Labute approximate surface area is 172 Å². The van der Waals surface area contributed by atoms with Crippen LogP contribution >= 0.6 is 0 Å². The number of nitrogens with one attached hydrogen (secondary N) is 1. The average molecular weight is 388 g/mol. The van der Waals surface area contributed by atoms with E-state index in [0.717, 1.165) is 29.9 Å². The molecule has 5 rings (SSSR count). The third kappa shape index (κ3) is 3.58. The van der Waals surface area contributed by atoms with Gasteiger partial charge >= 0.3 is 0 Å². The molecule has 4 heteroatoms. The van der Waals surface area contributed by atoms with Crippen molar-refractivity contribution in [2.75, 3.05) is 6.54 Å². The Bertz CT molecular complexity index is 1050. The molecule has 2 aromatic carbocycles. The van der Waals surface area contributed by atoms with E-state index in [9.17, 15) is 4.79 Å². The van der Waals surface area contributed by atoms with E-state index in [1.165, 1.54) is 48.9 Å². The molecule has 150 valence electrons. The molecule has 1 aliphatic heterocycles. The van der Waals surface area contributed by atoms with Gasteiger partial charge < -0.3 is 9.88 Å². The van der Waals surface area contributed by atoms with Gasteiger partial charge in [-0.3, -0.25) is 9.69 Å². The van der Waals surface area contributed by atoms with Gasteiger partial charge in [0.15, 0.2) is 0 Å². The van der Waals surface area contributed by atoms with Crippen LogP contribution in [0.1, 0.15) is 52.9 Å². The van der Waals surface area contributed by atoms with Crippen molar-refractivity contribution >= 4 is 16.8 Å². The lowest BCUT2D eigenvalue weighted by molar-refractivity contribution is 0.0943. The van der Waals surface area contributed by atoms with Crippen molar-refractivity contribution in [2.45, 2.75) is 51.2 Å². The predicted molar refractivity (Wildman–Crippen MR) is 117 cm³/mol. The molecule has 29 heavy (non-hydrogen) atoms. The molecule has 1 aromatic heterocycles. The smallest absolute Gasteiger partial charge is 0.268 e. The Morgan fingerprint density at radius 3 is 2.72 bits per heavy atom. The van der Waals surface area contributed by atoms with Crippen LogP contribution in [0.2, 0.25) is 0 Å². The highest BCUT2D eigenvalue weighted by Gasteiger charge is 2.26. The van der Waals surface area contributed by atoms with Gasteiger partial charge in [0, 0.05) is 43.6 Å². The van der Waals surface area contributed by atoms with Crippen LogP contribution in [0, 0.1) is 0 Å². The maximum absolute atomic E-state index is 12.7. The summed E-state index contributed by atoms with van der Waals surface area (Å²) < 4.78 is 1.97. The summed E-state index contributed by atoms with van der Waals surface area (Å²) in [5.41, 5.74) is 5.89. The van der Waals surface area contributed by atoms with Crippen molar-refractivity contribution in [1.82, 2.24) is 14.8 Å². The van der Waals surface area contributed by atoms with Crippen molar-refractivity contribution in [1.29, 1.82) is 0 Å². The van der Waals surface area contributed by atoms with Gasteiger partial charge in [0.2, 0.25) is 0 Å². The zero-order valence-corrected chi connectivity index (χ0v) is 17.2. The molecule has 1 fully saturated rings. The number of para-hydroxylation sites is 1. The first-order valence-corrected chi connectivity index (χ1v) is 10.9. The minimum atomic E-state index is -0.0196. The van der Waals surface area contributed by atoms with E-state index in [1.54, 1.807) is 0 Å². The number of carbonyl (C=O) groups excluding carboxylic acids is 1. The van der Waals surface area contributed by atoms with Crippen LogP contribution in [0.5, 0.6) is 0 Å². The monoisotopic (exact) mass is 387 g/mol. The second-order valence-corrected chi connectivity index (χ2v) is 8.59. The highest BCUT2D eigenvalue weighted by molar-refractivity contribution is 5.98. The van der Waals surface area contributed by atoms with Gasteiger partial charge in [-0.1, -0.05) is 49.2 Å². The van der Waals surface area contributed by atoms with Gasteiger partial charge in [-0.15, -0.1) is 0 Å². The predicted octanol–water partition coefficient (Wildman–Crippen LogP) is 4.41. The third-order valence-electron chi connectivity index (χ3n) is 6.79. The van der Waals surface area contributed by atoms with E-state index in [0.29, 0.717) is 12.2 Å². The van der Waals surface area contributed by atoms with Crippen molar-refractivity contribution in [2.24, 2.45) is 7.05 Å². The lowest BCUT2D eigenvalue weighted by Gasteiger charge is -2.33. The van der Waals surface area contributed by atoms with Gasteiger partial charge in [0.1, 0.15) is 5.69 Å². The molecule has 1 saturated carbocycles.